The van der Waals surface area contributed by atoms with E-state index in [-0.39, 0.29) is 0 Å². The van der Waals surface area contributed by atoms with Crippen molar-refractivity contribution in [2.24, 2.45) is 11.1 Å². The van der Waals surface area contributed by atoms with Gasteiger partial charge in [-0.05, 0) is 44.2 Å². The van der Waals surface area contributed by atoms with E-state index in [1.165, 1.54) is 11.3 Å². The summed E-state index contributed by atoms with van der Waals surface area (Å²) in [7, 11) is 0. The Morgan fingerprint density at radius 3 is 2.38 bits per heavy atom. The van der Waals surface area contributed by atoms with Gasteiger partial charge in [0, 0.05) is 12.2 Å². The maximum Gasteiger partial charge on any atom is 0.0628 e. The number of hydrogen-bond donors (Lipinski definition) is 1. The maximum absolute atomic E-state index is 5.61. The van der Waals surface area contributed by atoms with E-state index in [1.807, 2.05) is 0 Å². The predicted molar refractivity (Wildman–Crippen MR) is 68.5 cm³/mol. The maximum atomic E-state index is 5.61. The van der Waals surface area contributed by atoms with Crippen LogP contribution in [0.2, 0.25) is 0 Å². The Bertz CT molecular complexity index is 345. The number of rotatable bonds is 4. The molecule has 1 rings (SSSR count). The van der Waals surface area contributed by atoms with Crippen molar-refractivity contribution in [1.82, 2.24) is 9.78 Å². The summed E-state index contributed by atoms with van der Waals surface area (Å²) in [6.07, 6.45) is 2.09. The van der Waals surface area contributed by atoms with Crippen molar-refractivity contribution in [1.29, 1.82) is 0 Å². The van der Waals surface area contributed by atoms with Crippen LogP contribution in [0.25, 0.3) is 0 Å². The third-order valence-electron chi connectivity index (χ3n) is 3.00. The zero-order valence-electron chi connectivity index (χ0n) is 11.3. The minimum atomic E-state index is 0.361. The molecule has 0 aliphatic heterocycles. The summed E-state index contributed by atoms with van der Waals surface area (Å²) < 4.78 is 2.13. The first-order valence-electron chi connectivity index (χ1n) is 6.08. The van der Waals surface area contributed by atoms with Crippen LogP contribution in [0.1, 0.15) is 44.1 Å². The van der Waals surface area contributed by atoms with Crippen LogP contribution in [0.3, 0.4) is 0 Å². The van der Waals surface area contributed by atoms with Gasteiger partial charge in [-0.2, -0.15) is 5.10 Å². The van der Waals surface area contributed by atoms with Gasteiger partial charge >= 0.3 is 0 Å². The molecule has 0 bridgehead atoms. The van der Waals surface area contributed by atoms with Crippen molar-refractivity contribution in [2.45, 2.75) is 54.0 Å². The molecule has 0 atom stereocenters. The van der Waals surface area contributed by atoms with E-state index in [2.05, 4.69) is 44.4 Å². The van der Waals surface area contributed by atoms with Crippen LogP contribution >= 0.6 is 0 Å². The molecule has 92 valence electrons. The molecular weight excluding hydrogens is 198 g/mol. The van der Waals surface area contributed by atoms with E-state index in [1.54, 1.807) is 0 Å². The van der Waals surface area contributed by atoms with Gasteiger partial charge in [-0.3, -0.25) is 4.68 Å². The monoisotopic (exact) mass is 223 g/mol. The molecular formula is C13H25N3. The highest BCUT2D eigenvalue weighted by Gasteiger charge is 2.14. The molecule has 3 heteroatoms. The molecule has 0 aromatic carbocycles. The summed E-state index contributed by atoms with van der Waals surface area (Å²) in [5.74, 6) is 0. The zero-order chi connectivity index (χ0) is 12.3. The molecule has 0 radical (unpaired) electrons. The first-order valence-corrected chi connectivity index (χ1v) is 6.08. The predicted octanol–water partition coefficient (Wildman–Crippen LogP) is 2.44. The van der Waals surface area contributed by atoms with Crippen molar-refractivity contribution >= 4 is 0 Å². The Kier molecular flexibility index (Phi) is 4.14. The van der Waals surface area contributed by atoms with E-state index in [9.17, 15) is 0 Å². The smallest absolute Gasteiger partial charge is 0.0628 e. The van der Waals surface area contributed by atoms with Crippen LogP contribution in [0.5, 0.6) is 0 Å². The highest BCUT2D eigenvalue weighted by Crippen LogP contribution is 2.21. The SMILES string of the molecule is Cc1nn(CCC(C)(C)C)c(C)c1CCN. The molecule has 0 saturated carbocycles. The molecule has 0 fully saturated rings. The van der Waals surface area contributed by atoms with Crippen LogP contribution in [0, 0.1) is 19.3 Å². The van der Waals surface area contributed by atoms with Gasteiger partial charge in [0.1, 0.15) is 0 Å². The lowest BCUT2D eigenvalue weighted by Gasteiger charge is -2.18. The molecule has 0 aliphatic rings. The fourth-order valence-corrected chi connectivity index (χ4v) is 1.90. The van der Waals surface area contributed by atoms with Crippen molar-refractivity contribution in [2.75, 3.05) is 6.54 Å². The Morgan fingerprint density at radius 2 is 1.88 bits per heavy atom. The van der Waals surface area contributed by atoms with E-state index in [4.69, 9.17) is 5.73 Å². The topological polar surface area (TPSA) is 43.8 Å². The van der Waals surface area contributed by atoms with E-state index in [0.29, 0.717) is 12.0 Å². The number of nitrogens with two attached hydrogens (primary N) is 1. The highest BCUT2D eigenvalue weighted by molar-refractivity contribution is 5.24. The van der Waals surface area contributed by atoms with Gasteiger partial charge < -0.3 is 5.73 Å². The minimum Gasteiger partial charge on any atom is -0.330 e. The highest BCUT2D eigenvalue weighted by atomic mass is 15.3. The van der Waals surface area contributed by atoms with E-state index in [0.717, 1.165) is 25.1 Å². The Labute approximate surface area is 99.0 Å². The van der Waals surface area contributed by atoms with Gasteiger partial charge in [-0.1, -0.05) is 20.8 Å². The molecule has 0 aliphatic carbocycles. The van der Waals surface area contributed by atoms with Gasteiger partial charge in [0.25, 0.3) is 0 Å². The summed E-state index contributed by atoms with van der Waals surface area (Å²) in [4.78, 5) is 0. The number of nitrogens with zero attached hydrogens (tertiary/aromatic N) is 2. The normalized spacial score (nSPS) is 12.1. The summed E-state index contributed by atoms with van der Waals surface area (Å²) in [5.41, 5.74) is 9.73. The second kappa shape index (κ2) is 5.00. The van der Waals surface area contributed by atoms with Crippen molar-refractivity contribution in [3.63, 3.8) is 0 Å². The fourth-order valence-electron chi connectivity index (χ4n) is 1.90. The Hall–Kier alpha value is -0.830. The van der Waals surface area contributed by atoms with Gasteiger partial charge in [-0.25, -0.2) is 0 Å². The fraction of sp³-hybridized carbons (Fsp3) is 0.769. The molecule has 1 heterocycles. The molecule has 0 unspecified atom stereocenters. The van der Waals surface area contributed by atoms with Crippen LogP contribution in [0.4, 0.5) is 0 Å². The zero-order valence-corrected chi connectivity index (χ0v) is 11.3. The van der Waals surface area contributed by atoms with Crippen molar-refractivity contribution < 1.29 is 0 Å². The molecule has 1 aromatic heterocycles. The third kappa shape index (κ3) is 3.34. The molecule has 3 nitrogen and oxygen atoms in total. The first-order chi connectivity index (χ1) is 7.35. The minimum absolute atomic E-state index is 0.361. The number of aryl methyl sites for hydroxylation is 2. The largest absolute Gasteiger partial charge is 0.330 e. The quantitative estimate of drug-likeness (QED) is 0.852. The lowest BCUT2D eigenvalue weighted by molar-refractivity contribution is 0.338. The van der Waals surface area contributed by atoms with Crippen LogP contribution < -0.4 is 5.73 Å². The van der Waals surface area contributed by atoms with Gasteiger partial charge in [0.15, 0.2) is 0 Å². The lowest BCUT2D eigenvalue weighted by atomic mass is 9.92. The second-order valence-corrected chi connectivity index (χ2v) is 5.72. The number of aromatic nitrogens is 2. The van der Waals surface area contributed by atoms with Crippen molar-refractivity contribution in [3.05, 3.63) is 17.0 Å². The van der Waals surface area contributed by atoms with Crippen LogP contribution in [-0.4, -0.2) is 16.3 Å². The molecule has 0 spiro atoms. The molecule has 16 heavy (non-hydrogen) atoms. The van der Waals surface area contributed by atoms with Gasteiger partial charge in [-0.15, -0.1) is 0 Å². The summed E-state index contributed by atoms with van der Waals surface area (Å²) in [5, 5.41) is 4.59. The van der Waals surface area contributed by atoms with E-state index >= 15 is 0 Å². The molecule has 1 aromatic rings. The molecule has 2 N–H and O–H groups in total. The third-order valence-corrected chi connectivity index (χ3v) is 3.00. The standard InChI is InChI=1S/C13H25N3/c1-10-12(6-8-14)11(2)16(15-10)9-7-13(3,4)5/h6-9,14H2,1-5H3. The Morgan fingerprint density at radius 1 is 1.25 bits per heavy atom. The van der Waals surface area contributed by atoms with Gasteiger partial charge in [0.2, 0.25) is 0 Å². The molecule has 0 amide bonds. The number of hydrogen-bond acceptors (Lipinski definition) is 2. The second-order valence-electron chi connectivity index (χ2n) is 5.72. The van der Waals surface area contributed by atoms with Gasteiger partial charge in [0.05, 0.1) is 5.69 Å². The molecule has 0 saturated heterocycles. The summed E-state index contributed by atoms with van der Waals surface area (Å²) in [6, 6.07) is 0. The van der Waals surface area contributed by atoms with Crippen LogP contribution in [-0.2, 0) is 13.0 Å². The lowest BCUT2D eigenvalue weighted by Crippen LogP contribution is -2.12. The summed E-state index contributed by atoms with van der Waals surface area (Å²) >= 11 is 0. The average Bonchev–Trinajstić information content (AvgIpc) is 2.42. The first kappa shape index (κ1) is 13.2. The average molecular weight is 223 g/mol. The summed E-state index contributed by atoms with van der Waals surface area (Å²) in [6.45, 7) is 12.7. The van der Waals surface area contributed by atoms with Crippen LogP contribution in [0.15, 0.2) is 0 Å². The Balaban J connectivity index is 2.78. The van der Waals surface area contributed by atoms with Crippen molar-refractivity contribution in [3.8, 4) is 0 Å². The van der Waals surface area contributed by atoms with E-state index < -0.39 is 0 Å².